The number of benzene rings is 1. The molecule has 0 spiro atoms. The molecule has 3 aromatic rings. The molecule has 0 aliphatic heterocycles. The molecule has 0 saturated heterocycles. The maximum absolute atomic E-state index is 12.4. The number of pyridine rings is 1. The number of nitrogens with zero attached hydrogens (tertiary/aromatic N) is 2. The van der Waals surface area contributed by atoms with Crippen LogP contribution >= 0.6 is 11.3 Å². The Morgan fingerprint density at radius 3 is 2.18 bits per heavy atom. The lowest BCUT2D eigenvalue weighted by molar-refractivity contribution is -0.155. The summed E-state index contributed by atoms with van der Waals surface area (Å²) in [4.78, 5) is 21.7. The van der Waals surface area contributed by atoms with E-state index in [4.69, 9.17) is 15.5 Å². The molecule has 3 rings (SSSR count). The largest absolute Gasteiger partial charge is 0.460 e. The molecule has 3 N–H and O–H groups in total. The minimum absolute atomic E-state index is 0.244. The average molecular weight is 551 g/mol. The molecule has 212 valence electrons. The van der Waals surface area contributed by atoms with E-state index in [0.717, 1.165) is 16.4 Å². The summed E-state index contributed by atoms with van der Waals surface area (Å²) in [6.45, 7) is 19.1. The molecule has 6 nitrogen and oxygen atoms in total. The van der Waals surface area contributed by atoms with E-state index in [2.05, 4.69) is 69.4 Å². The fraction of sp³-hybridized carbons (Fsp3) is 0.531. The van der Waals surface area contributed by atoms with Gasteiger partial charge in [0.2, 0.25) is 0 Å². The first-order valence-electron chi connectivity index (χ1n) is 14.0. The molecule has 0 bridgehead atoms. The van der Waals surface area contributed by atoms with Crippen molar-refractivity contribution >= 4 is 22.4 Å². The summed E-state index contributed by atoms with van der Waals surface area (Å²) in [6, 6.07) is 8.03. The molecule has 0 fully saturated rings. The second-order valence-electron chi connectivity index (χ2n) is 12.3. The molecule has 0 aliphatic carbocycles. The Morgan fingerprint density at radius 1 is 1.03 bits per heavy atom. The Labute approximate surface area is 238 Å². The summed E-state index contributed by atoms with van der Waals surface area (Å²) in [6.07, 6.45) is 4.29. The fourth-order valence-electron chi connectivity index (χ4n) is 4.68. The number of carbonyl (C=O) groups excluding carboxylic acids is 1. The zero-order valence-corrected chi connectivity index (χ0v) is 25.9. The number of hydrogen-bond donors (Lipinski definition) is 2. The summed E-state index contributed by atoms with van der Waals surface area (Å²) in [5.74, 6) is 0.966. The third-order valence-corrected chi connectivity index (χ3v) is 7.52. The number of hydrogen-bond acceptors (Lipinski definition) is 7. The fourth-order valence-corrected chi connectivity index (χ4v) is 5.42. The van der Waals surface area contributed by atoms with Crippen molar-refractivity contribution < 1.29 is 9.53 Å². The van der Waals surface area contributed by atoms with E-state index in [1.807, 2.05) is 39.1 Å². The Kier molecular flexibility index (Phi) is 10.3. The molecule has 1 aromatic carbocycles. The highest BCUT2D eigenvalue weighted by Crippen LogP contribution is 2.40. The molecule has 0 aliphatic rings. The summed E-state index contributed by atoms with van der Waals surface area (Å²) in [7, 11) is 0. The third-order valence-electron chi connectivity index (χ3n) is 6.75. The normalized spacial score (nSPS) is 13.7. The van der Waals surface area contributed by atoms with Crippen LogP contribution in [0, 0.1) is 0 Å². The number of aromatic nitrogens is 2. The average Bonchev–Trinajstić information content (AvgIpc) is 3.32. The SMILES string of the molecule is CC(C)c1cc(C(C)C)c(-c2csc(NC(c3cccnc3)C(N)CCC(=O)OC(C)(C)C)n2)c(C(C)C)c1. The molecule has 7 heteroatoms. The Hall–Kier alpha value is -2.77. The van der Waals surface area contributed by atoms with Crippen LogP contribution in [0.1, 0.15) is 121 Å². The van der Waals surface area contributed by atoms with Gasteiger partial charge in [-0.05, 0) is 73.3 Å². The van der Waals surface area contributed by atoms with Crippen LogP contribution in [-0.4, -0.2) is 27.6 Å². The molecular formula is C32H46N4O2S. The first-order valence-corrected chi connectivity index (χ1v) is 14.9. The van der Waals surface area contributed by atoms with Crippen molar-refractivity contribution in [1.82, 2.24) is 9.97 Å². The van der Waals surface area contributed by atoms with Gasteiger partial charge in [-0.2, -0.15) is 0 Å². The van der Waals surface area contributed by atoms with Gasteiger partial charge in [-0.3, -0.25) is 9.78 Å². The van der Waals surface area contributed by atoms with Gasteiger partial charge in [0.15, 0.2) is 5.13 Å². The van der Waals surface area contributed by atoms with Crippen molar-refractivity contribution in [2.75, 3.05) is 5.32 Å². The molecular weight excluding hydrogens is 504 g/mol. The number of carbonyl (C=O) groups is 1. The van der Waals surface area contributed by atoms with Crippen molar-refractivity contribution in [2.45, 2.75) is 111 Å². The number of ether oxygens (including phenoxy) is 1. The van der Waals surface area contributed by atoms with E-state index in [1.54, 1.807) is 17.5 Å². The zero-order valence-electron chi connectivity index (χ0n) is 25.0. The van der Waals surface area contributed by atoms with Crippen LogP contribution in [0.4, 0.5) is 5.13 Å². The Bertz CT molecular complexity index is 1200. The van der Waals surface area contributed by atoms with Gasteiger partial charge < -0.3 is 15.8 Å². The van der Waals surface area contributed by atoms with Gasteiger partial charge in [-0.25, -0.2) is 4.98 Å². The quantitative estimate of drug-likeness (QED) is 0.234. The van der Waals surface area contributed by atoms with Gasteiger partial charge in [-0.15, -0.1) is 11.3 Å². The minimum Gasteiger partial charge on any atom is -0.460 e. The molecule has 2 heterocycles. The van der Waals surface area contributed by atoms with Crippen LogP contribution in [0.5, 0.6) is 0 Å². The highest BCUT2D eigenvalue weighted by molar-refractivity contribution is 7.14. The van der Waals surface area contributed by atoms with E-state index in [0.29, 0.717) is 24.2 Å². The van der Waals surface area contributed by atoms with Crippen LogP contribution in [0.15, 0.2) is 42.0 Å². The van der Waals surface area contributed by atoms with Gasteiger partial charge >= 0.3 is 5.97 Å². The van der Waals surface area contributed by atoms with Gasteiger partial charge in [-0.1, -0.05) is 59.7 Å². The van der Waals surface area contributed by atoms with Crippen molar-refractivity contribution in [3.63, 3.8) is 0 Å². The molecule has 39 heavy (non-hydrogen) atoms. The van der Waals surface area contributed by atoms with Crippen LogP contribution in [0.3, 0.4) is 0 Å². The standard InChI is InChI=1S/C32H46N4O2S/c1-19(2)23-15-24(20(3)4)29(25(16-23)21(5)6)27-18-39-31(35-27)36-30(22-11-10-14-34-17-22)26(33)12-13-28(37)38-32(7,8)9/h10-11,14-21,26,30H,12-13,33H2,1-9H3,(H,35,36). The van der Waals surface area contributed by atoms with E-state index in [-0.39, 0.29) is 24.5 Å². The topological polar surface area (TPSA) is 90.1 Å². The van der Waals surface area contributed by atoms with Gasteiger partial charge in [0.25, 0.3) is 0 Å². The zero-order chi connectivity index (χ0) is 28.9. The summed E-state index contributed by atoms with van der Waals surface area (Å²) < 4.78 is 5.49. The lowest BCUT2D eigenvalue weighted by Crippen LogP contribution is -2.34. The van der Waals surface area contributed by atoms with Crippen LogP contribution in [-0.2, 0) is 9.53 Å². The van der Waals surface area contributed by atoms with E-state index < -0.39 is 5.60 Å². The molecule has 0 saturated carbocycles. The number of esters is 1. The molecule has 2 atom stereocenters. The van der Waals surface area contributed by atoms with Crippen molar-refractivity contribution in [2.24, 2.45) is 5.73 Å². The third kappa shape index (κ3) is 8.36. The lowest BCUT2D eigenvalue weighted by atomic mass is 9.83. The van der Waals surface area contributed by atoms with Crippen LogP contribution in [0.25, 0.3) is 11.3 Å². The minimum atomic E-state index is -0.517. The maximum atomic E-state index is 12.4. The van der Waals surface area contributed by atoms with Crippen LogP contribution < -0.4 is 11.1 Å². The Morgan fingerprint density at radius 2 is 1.67 bits per heavy atom. The van der Waals surface area contributed by atoms with Gasteiger partial charge in [0, 0.05) is 35.8 Å². The van der Waals surface area contributed by atoms with Crippen molar-refractivity contribution in [3.05, 3.63) is 64.3 Å². The number of thiazole rings is 1. The van der Waals surface area contributed by atoms with E-state index in [1.165, 1.54) is 22.3 Å². The highest BCUT2D eigenvalue weighted by Gasteiger charge is 2.25. The van der Waals surface area contributed by atoms with E-state index in [9.17, 15) is 4.79 Å². The van der Waals surface area contributed by atoms with Gasteiger partial charge in [0.1, 0.15) is 5.60 Å². The molecule has 2 unspecified atom stereocenters. The lowest BCUT2D eigenvalue weighted by Gasteiger charge is -2.26. The highest BCUT2D eigenvalue weighted by atomic mass is 32.1. The Balaban J connectivity index is 1.92. The van der Waals surface area contributed by atoms with Crippen molar-refractivity contribution in [3.8, 4) is 11.3 Å². The van der Waals surface area contributed by atoms with Crippen LogP contribution in [0.2, 0.25) is 0 Å². The first-order chi connectivity index (χ1) is 18.3. The monoisotopic (exact) mass is 550 g/mol. The predicted octanol–water partition coefficient (Wildman–Crippen LogP) is 8.18. The van der Waals surface area contributed by atoms with Gasteiger partial charge in [0.05, 0.1) is 11.7 Å². The summed E-state index contributed by atoms with van der Waals surface area (Å²) in [5.41, 5.74) is 13.4. The number of nitrogens with two attached hydrogens (primary N) is 1. The molecule has 0 radical (unpaired) electrons. The maximum Gasteiger partial charge on any atom is 0.306 e. The summed E-state index contributed by atoms with van der Waals surface area (Å²) >= 11 is 1.58. The van der Waals surface area contributed by atoms with Crippen molar-refractivity contribution in [1.29, 1.82) is 0 Å². The second kappa shape index (κ2) is 13.1. The number of rotatable bonds is 11. The number of anilines is 1. The first kappa shape index (κ1) is 30.8. The van der Waals surface area contributed by atoms with E-state index >= 15 is 0 Å². The predicted molar refractivity (Wildman–Crippen MR) is 163 cm³/mol. The molecule has 2 aromatic heterocycles. The molecule has 0 amide bonds. The summed E-state index contributed by atoms with van der Waals surface area (Å²) in [5, 5.41) is 6.51. The number of nitrogens with one attached hydrogen (secondary N) is 1. The smallest absolute Gasteiger partial charge is 0.306 e. The second-order valence-corrected chi connectivity index (χ2v) is 13.1.